The number of guanidine groups is 1. The zero-order chi connectivity index (χ0) is 22.6. The minimum absolute atomic E-state index is 0. The molecule has 176 valence electrons. The summed E-state index contributed by atoms with van der Waals surface area (Å²) >= 11 is 0. The lowest BCUT2D eigenvalue weighted by Crippen LogP contribution is -2.55. The first-order valence-electron chi connectivity index (χ1n) is 10.0. The molecule has 2 atom stereocenters. The maximum Gasteiger partial charge on any atom is 0.412 e. The van der Waals surface area contributed by atoms with Gasteiger partial charge in [-0.2, -0.15) is 0 Å². The Morgan fingerprint density at radius 1 is 1.13 bits per heavy atom. The van der Waals surface area contributed by atoms with Crippen LogP contribution in [0.3, 0.4) is 0 Å². The second-order valence-electron chi connectivity index (χ2n) is 9.79. The van der Waals surface area contributed by atoms with Crippen molar-refractivity contribution in [2.75, 3.05) is 20.1 Å². The Balaban J connectivity index is 0.00000841. The summed E-state index contributed by atoms with van der Waals surface area (Å²) in [5.74, 6) is 0.338. The summed E-state index contributed by atoms with van der Waals surface area (Å²) < 4.78 is 11.6. The van der Waals surface area contributed by atoms with E-state index in [1.807, 2.05) is 62.3 Å². The highest BCUT2D eigenvalue weighted by Gasteiger charge is 2.49. The van der Waals surface area contributed by atoms with Crippen LogP contribution in [0, 0.1) is 0 Å². The molecule has 2 unspecified atom stereocenters. The van der Waals surface area contributed by atoms with Gasteiger partial charge in [0.1, 0.15) is 11.3 Å². The summed E-state index contributed by atoms with van der Waals surface area (Å²) in [5, 5.41) is 9.04. The molecule has 1 fully saturated rings. The number of carbonyl (C=O) groups excluding carboxylic acids is 2. The quantitative estimate of drug-likeness (QED) is 0.287. The van der Waals surface area contributed by atoms with Crippen molar-refractivity contribution in [1.29, 1.82) is 0 Å². The molecule has 0 aromatic heterocycles. The Kier molecular flexibility index (Phi) is 10.4. The van der Waals surface area contributed by atoms with Gasteiger partial charge in [-0.3, -0.25) is 14.7 Å². The summed E-state index contributed by atoms with van der Waals surface area (Å²) in [6.07, 6.45) is -0.626. The normalized spacial score (nSPS) is 21.5. The van der Waals surface area contributed by atoms with Crippen molar-refractivity contribution in [2.24, 2.45) is 4.99 Å². The molecule has 0 spiro atoms. The fourth-order valence-electron chi connectivity index (χ4n) is 3.17. The summed E-state index contributed by atoms with van der Waals surface area (Å²) in [6.45, 7) is 17.4. The molecule has 30 heavy (non-hydrogen) atoms. The number of hydrogen-bond acceptors (Lipinski definition) is 5. The highest BCUT2D eigenvalue weighted by atomic mass is 127. The Labute approximate surface area is 198 Å². The monoisotopic (exact) mass is 541 g/mol. The van der Waals surface area contributed by atoms with E-state index >= 15 is 0 Å². The van der Waals surface area contributed by atoms with E-state index in [0.29, 0.717) is 12.5 Å². The van der Waals surface area contributed by atoms with Crippen LogP contribution in [0.5, 0.6) is 0 Å². The van der Waals surface area contributed by atoms with Crippen LogP contribution in [-0.2, 0) is 14.3 Å². The van der Waals surface area contributed by atoms with Crippen molar-refractivity contribution >= 4 is 41.9 Å². The van der Waals surface area contributed by atoms with Crippen molar-refractivity contribution in [3.63, 3.8) is 0 Å². The van der Waals surface area contributed by atoms with Crippen LogP contribution in [-0.4, -0.2) is 72.0 Å². The van der Waals surface area contributed by atoms with E-state index in [4.69, 9.17) is 9.47 Å². The molecule has 1 aliphatic rings. The zero-order valence-corrected chi connectivity index (χ0v) is 22.3. The van der Waals surface area contributed by atoms with Crippen molar-refractivity contribution in [1.82, 2.24) is 20.9 Å². The second-order valence-corrected chi connectivity index (χ2v) is 9.79. The lowest BCUT2D eigenvalue weighted by Gasteiger charge is -2.35. The van der Waals surface area contributed by atoms with Crippen LogP contribution in [0.4, 0.5) is 4.79 Å². The smallest absolute Gasteiger partial charge is 0.412 e. The average Bonchev–Trinajstić information content (AvgIpc) is 2.72. The number of nitrogens with zero attached hydrogens (tertiary/aromatic N) is 2. The Hall–Kier alpha value is -1.30. The molecular formula is C20H40IN5O4. The van der Waals surface area contributed by atoms with E-state index in [2.05, 4.69) is 20.9 Å². The Bertz CT molecular complexity index is 626. The molecule has 0 radical (unpaired) electrons. The first kappa shape index (κ1) is 28.7. The van der Waals surface area contributed by atoms with Gasteiger partial charge in [0.15, 0.2) is 5.96 Å². The van der Waals surface area contributed by atoms with Gasteiger partial charge in [-0.05, 0) is 62.3 Å². The third kappa shape index (κ3) is 9.23. The number of halogens is 1. The summed E-state index contributed by atoms with van der Waals surface area (Å²) in [5.41, 5.74) is -1.70. The number of rotatable bonds is 4. The van der Waals surface area contributed by atoms with Crippen molar-refractivity contribution < 1.29 is 19.1 Å². The minimum atomic E-state index is -0.794. The molecule has 9 nitrogen and oxygen atoms in total. The first-order chi connectivity index (χ1) is 13.1. The lowest BCUT2D eigenvalue weighted by atomic mass is 10.1. The average molecular weight is 541 g/mol. The van der Waals surface area contributed by atoms with Crippen LogP contribution < -0.4 is 16.0 Å². The highest BCUT2D eigenvalue weighted by molar-refractivity contribution is 14.0. The minimum Gasteiger partial charge on any atom is -0.444 e. The van der Waals surface area contributed by atoms with E-state index in [1.54, 1.807) is 11.9 Å². The number of aliphatic imine (C=N–C) groups is 1. The molecule has 0 aromatic carbocycles. The molecule has 10 heteroatoms. The van der Waals surface area contributed by atoms with Crippen LogP contribution in [0.1, 0.15) is 62.3 Å². The molecule has 1 aliphatic heterocycles. The predicted octanol–water partition coefficient (Wildman–Crippen LogP) is 2.44. The first-order valence-corrected chi connectivity index (χ1v) is 10.0. The molecule has 0 aliphatic carbocycles. The third-order valence-electron chi connectivity index (χ3n) is 4.15. The van der Waals surface area contributed by atoms with Gasteiger partial charge in [0.2, 0.25) is 5.91 Å². The van der Waals surface area contributed by atoms with Crippen molar-refractivity contribution in [3.8, 4) is 0 Å². The van der Waals surface area contributed by atoms with E-state index in [1.165, 1.54) is 0 Å². The van der Waals surface area contributed by atoms with Crippen molar-refractivity contribution in [3.05, 3.63) is 0 Å². The van der Waals surface area contributed by atoms with Crippen molar-refractivity contribution in [2.45, 2.75) is 91.3 Å². The molecule has 0 saturated carbocycles. The molecule has 1 heterocycles. The van der Waals surface area contributed by atoms with E-state index in [9.17, 15) is 9.59 Å². The molecule has 1 rings (SSSR count). The second kappa shape index (κ2) is 10.8. The van der Waals surface area contributed by atoms with Gasteiger partial charge in [-0.25, -0.2) is 4.79 Å². The maximum absolute atomic E-state index is 12.8. The van der Waals surface area contributed by atoms with Gasteiger partial charge in [-0.1, -0.05) is 0 Å². The topological polar surface area (TPSA) is 104 Å². The summed E-state index contributed by atoms with van der Waals surface area (Å²) in [6, 6.07) is -0.262. The van der Waals surface area contributed by atoms with Crippen LogP contribution >= 0.6 is 24.0 Å². The fraction of sp³-hybridized carbons (Fsp3) is 0.850. The highest BCUT2D eigenvalue weighted by Crippen LogP contribution is 2.33. The molecule has 3 N–H and O–H groups in total. The third-order valence-corrected chi connectivity index (χ3v) is 4.15. The maximum atomic E-state index is 12.8. The zero-order valence-electron chi connectivity index (χ0n) is 20.0. The van der Waals surface area contributed by atoms with E-state index in [0.717, 1.165) is 0 Å². The molecule has 2 amide bonds. The summed E-state index contributed by atoms with van der Waals surface area (Å²) in [4.78, 5) is 30.6. The number of carbonyl (C=O) groups is 2. The van der Waals surface area contributed by atoms with Gasteiger partial charge in [0, 0.05) is 19.1 Å². The van der Waals surface area contributed by atoms with Crippen LogP contribution in [0.15, 0.2) is 4.99 Å². The number of amides is 2. The fourth-order valence-corrected chi connectivity index (χ4v) is 3.17. The van der Waals surface area contributed by atoms with Gasteiger partial charge in [0.25, 0.3) is 0 Å². The lowest BCUT2D eigenvalue weighted by molar-refractivity contribution is -0.121. The SMILES string of the molecule is CN=C(NCC(=O)NC(C)(C)C)NCC1C(C)OC(C)(C)N1C(=O)OC(C)(C)C.I. The molecule has 0 bridgehead atoms. The van der Waals surface area contributed by atoms with Gasteiger partial charge < -0.3 is 25.4 Å². The Morgan fingerprint density at radius 2 is 1.70 bits per heavy atom. The number of hydrogen-bond donors (Lipinski definition) is 3. The number of nitrogens with one attached hydrogen (secondary N) is 3. The van der Waals surface area contributed by atoms with Crippen LogP contribution in [0.25, 0.3) is 0 Å². The molecular weight excluding hydrogens is 501 g/mol. The largest absolute Gasteiger partial charge is 0.444 e. The van der Waals surface area contributed by atoms with Gasteiger partial charge in [-0.15, -0.1) is 24.0 Å². The molecule has 1 saturated heterocycles. The standard InChI is InChI=1S/C20H39N5O4.HI/c1-13-14(25(20(8,9)28-13)17(27)29-19(5,6)7)11-22-16(21-10)23-12-15(26)24-18(2,3)4;/h13-14H,11-12H2,1-10H3,(H,24,26)(H2,21,22,23);1H. The molecule has 0 aromatic rings. The van der Waals surface area contributed by atoms with E-state index < -0.39 is 17.4 Å². The summed E-state index contributed by atoms with van der Waals surface area (Å²) in [7, 11) is 1.63. The Morgan fingerprint density at radius 3 is 2.17 bits per heavy atom. The van der Waals surface area contributed by atoms with Crippen LogP contribution in [0.2, 0.25) is 0 Å². The predicted molar refractivity (Wildman–Crippen MR) is 129 cm³/mol. The van der Waals surface area contributed by atoms with E-state index in [-0.39, 0.29) is 54.1 Å². The van der Waals surface area contributed by atoms with Gasteiger partial charge in [0.05, 0.1) is 18.7 Å². The number of ether oxygens (including phenoxy) is 2. The van der Waals surface area contributed by atoms with Gasteiger partial charge >= 0.3 is 6.09 Å².